The highest BCUT2D eigenvalue weighted by Gasteiger charge is 2.33. The zero-order chi connectivity index (χ0) is 13.8. The third kappa shape index (κ3) is 4.55. The highest BCUT2D eigenvalue weighted by Crippen LogP contribution is 2.33. The molecule has 0 amide bonds. The fourth-order valence-corrected chi connectivity index (χ4v) is 2.95. The Kier molecular flexibility index (Phi) is 5.67. The Morgan fingerprint density at radius 3 is 2.44 bits per heavy atom. The van der Waals surface area contributed by atoms with Crippen LogP contribution < -0.4 is 5.73 Å². The molecule has 0 aliphatic carbocycles. The van der Waals surface area contributed by atoms with Crippen molar-refractivity contribution in [3.63, 3.8) is 0 Å². The summed E-state index contributed by atoms with van der Waals surface area (Å²) in [6, 6.07) is 0. The van der Waals surface area contributed by atoms with Crippen molar-refractivity contribution in [2.45, 2.75) is 72.3 Å². The summed E-state index contributed by atoms with van der Waals surface area (Å²) in [6.07, 6.45) is 6.51. The fraction of sp³-hybridized carbons (Fsp3) is 1.00. The third-order valence-electron chi connectivity index (χ3n) is 4.80. The molecule has 18 heavy (non-hydrogen) atoms. The molecule has 2 nitrogen and oxygen atoms in total. The summed E-state index contributed by atoms with van der Waals surface area (Å²) >= 11 is 0. The molecular formula is C16H34N2. The summed E-state index contributed by atoms with van der Waals surface area (Å²) in [6.45, 7) is 15.0. The molecule has 0 radical (unpaired) electrons. The maximum absolute atomic E-state index is 6.10. The van der Waals surface area contributed by atoms with Crippen molar-refractivity contribution < 1.29 is 0 Å². The number of nitrogens with two attached hydrogens (primary N) is 1. The second-order valence-corrected chi connectivity index (χ2v) is 7.64. The summed E-state index contributed by atoms with van der Waals surface area (Å²) in [5.74, 6) is 0.777. The Balaban J connectivity index is 2.63. The van der Waals surface area contributed by atoms with E-state index in [1.807, 2.05) is 0 Å². The van der Waals surface area contributed by atoms with E-state index in [-0.39, 0.29) is 5.54 Å². The van der Waals surface area contributed by atoms with E-state index in [1.54, 1.807) is 0 Å². The molecule has 1 atom stereocenters. The SMILES string of the molecule is CC(C)CCC(C)(CN)N1CCCC(C)(C)CC1. The molecule has 0 aromatic rings. The lowest BCUT2D eigenvalue weighted by molar-refractivity contribution is 0.0960. The summed E-state index contributed by atoms with van der Waals surface area (Å²) in [5, 5.41) is 0. The first kappa shape index (κ1) is 16.0. The van der Waals surface area contributed by atoms with Gasteiger partial charge in [0.1, 0.15) is 0 Å². The van der Waals surface area contributed by atoms with Crippen LogP contribution in [0.1, 0.15) is 66.7 Å². The van der Waals surface area contributed by atoms with Crippen LogP contribution in [-0.2, 0) is 0 Å². The highest BCUT2D eigenvalue weighted by atomic mass is 15.2. The molecule has 0 aromatic heterocycles. The van der Waals surface area contributed by atoms with Crippen LogP contribution in [0.2, 0.25) is 0 Å². The second kappa shape index (κ2) is 6.38. The van der Waals surface area contributed by atoms with E-state index >= 15 is 0 Å². The minimum Gasteiger partial charge on any atom is -0.329 e. The van der Waals surface area contributed by atoms with E-state index < -0.39 is 0 Å². The minimum atomic E-state index is 0.213. The van der Waals surface area contributed by atoms with Crippen LogP contribution >= 0.6 is 0 Å². The maximum Gasteiger partial charge on any atom is 0.0303 e. The first-order valence-corrected chi connectivity index (χ1v) is 7.74. The zero-order valence-corrected chi connectivity index (χ0v) is 13.3. The molecule has 1 saturated heterocycles. The fourth-order valence-electron chi connectivity index (χ4n) is 2.95. The molecule has 108 valence electrons. The van der Waals surface area contributed by atoms with Gasteiger partial charge in [-0.2, -0.15) is 0 Å². The molecule has 1 heterocycles. The molecule has 1 unspecified atom stereocenters. The van der Waals surface area contributed by atoms with Crippen LogP contribution in [0, 0.1) is 11.3 Å². The van der Waals surface area contributed by atoms with Crippen molar-refractivity contribution in [1.29, 1.82) is 0 Å². The minimum absolute atomic E-state index is 0.213. The normalized spacial score (nSPS) is 24.8. The van der Waals surface area contributed by atoms with Crippen molar-refractivity contribution in [1.82, 2.24) is 4.90 Å². The first-order valence-electron chi connectivity index (χ1n) is 7.74. The third-order valence-corrected chi connectivity index (χ3v) is 4.80. The summed E-state index contributed by atoms with van der Waals surface area (Å²) in [5.41, 5.74) is 6.83. The van der Waals surface area contributed by atoms with Crippen molar-refractivity contribution in [3.05, 3.63) is 0 Å². The van der Waals surface area contributed by atoms with E-state index in [0.717, 1.165) is 12.5 Å². The standard InChI is InChI=1S/C16H34N2/c1-14(2)7-9-16(5,13-17)18-11-6-8-15(3,4)10-12-18/h14H,6-13,17H2,1-5H3. The van der Waals surface area contributed by atoms with Crippen molar-refractivity contribution in [2.75, 3.05) is 19.6 Å². The molecule has 2 N–H and O–H groups in total. The van der Waals surface area contributed by atoms with Gasteiger partial charge in [-0.25, -0.2) is 0 Å². The van der Waals surface area contributed by atoms with Gasteiger partial charge in [0.25, 0.3) is 0 Å². The van der Waals surface area contributed by atoms with Gasteiger partial charge < -0.3 is 5.73 Å². The number of likely N-dealkylation sites (tertiary alicyclic amines) is 1. The highest BCUT2D eigenvalue weighted by molar-refractivity contribution is 4.90. The van der Waals surface area contributed by atoms with Crippen molar-refractivity contribution in [3.8, 4) is 0 Å². The quantitative estimate of drug-likeness (QED) is 0.811. The molecule has 1 aliphatic rings. The largest absolute Gasteiger partial charge is 0.329 e. The molecule has 1 rings (SSSR count). The molecule has 0 saturated carbocycles. The van der Waals surface area contributed by atoms with Gasteiger partial charge in [0, 0.05) is 12.1 Å². The van der Waals surface area contributed by atoms with Gasteiger partial charge in [-0.05, 0) is 63.5 Å². The molecule has 0 spiro atoms. The van der Waals surface area contributed by atoms with Crippen LogP contribution in [-0.4, -0.2) is 30.1 Å². The van der Waals surface area contributed by atoms with Gasteiger partial charge >= 0.3 is 0 Å². The Morgan fingerprint density at radius 1 is 1.22 bits per heavy atom. The van der Waals surface area contributed by atoms with Gasteiger partial charge in [0.05, 0.1) is 0 Å². The smallest absolute Gasteiger partial charge is 0.0303 e. The van der Waals surface area contributed by atoms with E-state index in [0.29, 0.717) is 5.41 Å². The number of rotatable bonds is 5. The molecule has 0 aromatic carbocycles. The average Bonchev–Trinajstić information content (AvgIpc) is 2.47. The molecule has 1 fully saturated rings. The summed E-state index contributed by atoms with van der Waals surface area (Å²) in [7, 11) is 0. The topological polar surface area (TPSA) is 29.3 Å². The Hall–Kier alpha value is -0.0800. The average molecular weight is 254 g/mol. The Bertz CT molecular complexity index is 247. The van der Waals surface area contributed by atoms with Gasteiger partial charge in [-0.3, -0.25) is 4.90 Å². The number of hydrogen-bond acceptors (Lipinski definition) is 2. The van der Waals surface area contributed by atoms with Crippen molar-refractivity contribution >= 4 is 0 Å². The molecule has 1 aliphatic heterocycles. The maximum atomic E-state index is 6.10. The molecule has 2 heteroatoms. The van der Waals surface area contributed by atoms with Gasteiger partial charge in [-0.15, -0.1) is 0 Å². The van der Waals surface area contributed by atoms with Crippen LogP contribution in [0.15, 0.2) is 0 Å². The van der Waals surface area contributed by atoms with E-state index in [9.17, 15) is 0 Å². The molecular weight excluding hydrogens is 220 g/mol. The van der Waals surface area contributed by atoms with Crippen molar-refractivity contribution in [2.24, 2.45) is 17.1 Å². The zero-order valence-electron chi connectivity index (χ0n) is 13.3. The Morgan fingerprint density at radius 2 is 1.89 bits per heavy atom. The predicted molar refractivity (Wildman–Crippen MR) is 80.7 cm³/mol. The molecule has 0 bridgehead atoms. The first-order chi connectivity index (χ1) is 8.29. The lowest BCUT2D eigenvalue weighted by Gasteiger charge is -2.41. The predicted octanol–water partition coefficient (Wildman–Crippen LogP) is 3.65. The van der Waals surface area contributed by atoms with Gasteiger partial charge in [-0.1, -0.05) is 27.7 Å². The number of nitrogens with zero attached hydrogens (tertiary/aromatic N) is 1. The van der Waals surface area contributed by atoms with Crippen LogP contribution in [0.4, 0.5) is 0 Å². The lowest BCUT2D eigenvalue weighted by atomic mass is 9.85. The summed E-state index contributed by atoms with van der Waals surface area (Å²) in [4.78, 5) is 2.67. The van der Waals surface area contributed by atoms with E-state index in [4.69, 9.17) is 5.73 Å². The second-order valence-electron chi connectivity index (χ2n) is 7.64. The van der Waals surface area contributed by atoms with Crippen LogP contribution in [0.3, 0.4) is 0 Å². The lowest BCUT2D eigenvalue weighted by Crippen LogP contribution is -2.52. The van der Waals surface area contributed by atoms with E-state index in [1.165, 1.54) is 45.2 Å². The summed E-state index contributed by atoms with van der Waals surface area (Å²) < 4.78 is 0. The van der Waals surface area contributed by atoms with Crippen LogP contribution in [0.5, 0.6) is 0 Å². The van der Waals surface area contributed by atoms with Gasteiger partial charge in [0.15, 0.2) is 0 Å². The van der Waals surface area contributed by atoms with E-state index in [2.05, 4.69) is 39.5 Å². The van der Waals surface area contributed by atoms with Crippen LogP contribution in [0.25, 0.3) is 0 Å². The number of hydrogen-bond donors (Lipinski definition) is 1. The Labute approximate surface area is 114 Å². The monoisotopic (exact) mass is 254 g/mol. The van der Waals surface area contributed by atoms with Gasteiger partial charge in [0.2, 0.25) is 0 Å².